The summed E-state index contributed by atoms with van der Waals surface area (Å²) in [6.07, 6.45) is 3.11. The molecule has 18 heavy (non-hydrogen) atoms. The molecule has 0 spiro atoms. The molecule has 6 heteroatoms. The van der Waals surface area contributed by atoms with E-state index in [0.717, 1.165) is 5.69 Å². The van der Waals surface area contributed by atoms with Gasteiger partial charge in [-0.25, -0.2) is 0 Å². The fourth-order valence-electron chi connectivity index (χ4n) is 2.22. The predicted molar refractivity (Wildman–Crippen MR) is 66.6 cm³/mol. The van der Waals surface area contributed by atoms with Crippen molar-refractivity contribution in [2.24, 2.45) is 18.2 Å². The van der Waals surface area contributed by atoms with Gasteiger partial charge in [-0.3, -0.25) is 9.48 Å². The van der Waals surface area contributed by atoms with Gasteiger partial charge in [0.15, 0.2) is 0 Å². The molecular weight excluding hydrogens is 232 g/mol. The number of hydrogen-bond donors (Lipinski definition) is 2. The Labute approximate surface area is 106 Å². The molecule has 1 aromatic heterocycles. The van der Waals surface area contributed by atoms with Crippen LogP contribution in [0.3, 0.4) is 0 Å². The Morgan fingerprint density at radius 2 is 2.33 bits per heavy atom. The second kappa shape index (κ2) is 5.49. The molecule has 0 saturated carbocycles. The minimum Gasteiger partial charge on any atom is -0.381 e. The SMILES string of the molecule is Cn1nccc1CNC(=O)C1(CN)CCOCC1. The molecule has 2 rings (SSSR count). The largest absolute Gasteiger partial charge is 0.381 e. The molecular formula is C12H20N4O2. The van der Waals surface area contributed by atoms with Gasteiger partial charge in [0.25, 0.3) is 0 Å². The number of ether oxygens (including phenoxy) is 1. The van der Waals surface area contributed by atoms with Gasteiger partial charge in [-0.1, -0.05) is 0 Å². The zero-order valence-electron chi connectivity index (χ0n) is 10.7. The highest BCUT2D eigenvalue weighted by molar-refractivity contribution is 5.83. The molecule has 0 atom stereocenters. The standard InChI is InChI=1S/C12H20N4O2/c1-16-10(2-5-15-16)8-14-11(17)12(9-13)3-6-18-7-4-12/h2,5H,3-4,6-9,13H2,1H3,(H,14,17). The molecule has 100 valence electrons. The quantitative estimate of drug-likeness (QED) is 0.777. The molecule has 0 aromatic carbocycles. The van der Waals surface area contributed by atoms with Gasteiger partial charge in [-0.15, -0.1) is 0 Å². The minimum absolute atomic E-state index is 0.0227. The van der Waals surface area contributed by atoms with E-state index < -0.39 is 5.41 Å². The van der Waals surface area contributed by atoms with Crippen molar-refractivity contribution in [3.63, 3.8) is 0 Å². The van der Waals surface area contributed by atoms with Gasteiger partial charge >= 0.3 is 0 Å². The summed E-state index contributed by atoms with van der Waals surface area (Å²) < 4.78 is 7.05. The molecule has 1 aromatic rings. The Bertz CT molecular complexity index is 410. The van der Waals surface area contributed by atoms with Crippen LogP contribution in [0.15, 0.2) is 12.3 Å². The van der Waals surface area contributed by atoms with Crippen LogP contribution in [0.5, 0.6) is 0 Å². The monoisotopic (exact) mass is 252 g/mol. The summed E-state index contributed by atoms with van der Waals surface area (Å²) in [4.78, 5) is 12.3. The number of amides is 1. The van der Waals surface area contributed by atoms with E-state index in [1.165, 1.54) is 0 Å². The topological polar surface area (TPSA) is 82.2 Å². The number of aryl methyl sites for hydroxylation is 1. The normalized spacial score (nSPS) is 18.6. The lowest BCUT2D eigenvalue weighted by Crippen LogP contribution is -2.49. The molecule has 3 N–H and O–H groups in total. The number of hydrogen-bond acceptors (Lipinski definition) is 4. The highest BCUT2D eigenvalue weighted by atomic mass is 16.5. The Morgan fingerprint density at radius 3 is 2.89 bits per heavy atom. The molecule has 6 nitrogen and oxygen atoms in total. The van der Waals surface area contributed by atoms with Crippen LogP contribution in [0.25, 0.3) is 0 Å². The van der Waals surface area contributed by atoms with Crippen LogP contribution in [-0.2, 0) is 23.1 Å². The smallest absolute Gasteiger partial charge is 0.227 e. The minimum atomic E-state index is -0.461. The van der Waals surface area contributed by atoms with Crippen molar-refractivity contribution in [3.05, 3.63) is 18.0 Å². The zero-order valence-corrected chi connectivity index (χ0v) is 10.7. The molecule has 1 saturated heterocycles. The van der Waals surface area contributed by atoms with Gasteiger partial charge in [0.2, 0.25) is 5.91 Å². The van der Waals surface area contributed by atoms with Gasteiger partial charge < -0.3 is 15.8 Å². The molecule has 1 fully saturated rings. The second-order valence-corrected chi connectivity index (χ2v) is 4.73. The number of nitrogens with two attached hydrogens (primary N) is 1. The summed E-state index contributed by atoms with van der Waals surface area (Å²) in [6.45, 7) is 2.07. The lowest BCUT2D eigenvalue weighted by molar-refractivity contribution is -0.136. The first kappa shape index (κ1) is 13.0. The molecule has 0 radical (unpaired) electrons. The summed E-state index contributed by atoms with van der Waals surface area (Å²) in [5, 5.41) is 7.02. The number of carbonyl (C=O) groups is 1. The first-order valence-electron chi connectivity index (χ1n) is 6.21. The van der Waals surface area contributed by atoms with Crippen molar-refractivity contribution in [2.75, 3.05) is 19.8 Å². The van der Waals surface area contributed by atoms with Gasteiger partial charge in [0.1, 0.15) is 0 Å². The third-order valence-corrected chi connectivity index (χ3v) is 3.67. The lowest BCUT2D eigenvalue weighted by atomic mass is 9.79. The molecule has 0 unspecified atom stereocenters. The Balaban J connectivity index is 1.96. The van der Waals surface area contributed by atoms with Crippen molar-refractivity contribution < 1.29 is 9.53 Å². The Morgan fingerprint density at radius 1 is 1.61 bits per heavy atom. The average Bonchev–Trinajstić information content (AvgIpc) is 2.82. The highest BCUT2D eigenvalue weighted by Crippen LogP contribution is 2.29. The first-order valence-corrected chi connectivity index (χ1v) is 6.21. The van der Waals surface area contributed by atoms with E-state index in [2.05, 4.69) is 10.4 Å². The van der Waals surface area contributed by atoms with E-state index in [1.807, 2.05) is 13.1 Å². The van der Waals surface area contributed by atoms with Crippen molar-refractivity contribution in [1.29, 1.82) is 0 Å². The van der Waals surface area contributed by atoms with Gasteiger partial charge in [-0.2, -0.15) is 5.10 Å². The Kier molecular flexibility index (Phi) is 3.98. The van der Waals surface area contributed by atoms with Crippen molar-refractivity contribution in [3.8, 4) is 0 Å². The van der Waals surface area contributed by atoms with E-state index in [0.29, 0.717) is 39.1 Å². The average molecular weight is 252 g/mol. The van der Waals surface area contributed by atoms with Crippen LogP contribution >= 0.6 is 0 Å². The molecule has 1 amide bonds. The predicted octanol–water partition coefficient (Wildman–Crippen LogP) is -0.208. The van der Waals surface area contributed by atoms with Gasteiger partial charge in [-0.05, 0) is 18.9 Å². The van der Waals surface area contributed by atoms with Crippen molar-refractivity contribution in [1.82, 2.24) is 15.1 Å². The van der Waals surface area contributed by atoms with E-state index in [-0.39, 0.29) is 5.91 Å². The lowest BCUT2D eigenvalue weighted by Gasteiger charge is -2.34. The van der Waals surface area contributed by atoms with Crippen LogP contribution in [0.1, 0.15) is 18.5 Å². The number of nitrogens with zero attached hydrogens (tertiary/aromatic N) is 2. The van der Waals surface area contributed by atoms with E-state index in [9.17, 15) is 4.79 Å². The van der Waals surface area contributed by atoms with Crippen LogP contribution in [-0.4, -0.2) is 35.4 Å². The maximum absolute atomic E-state index is 12.3. The van der Waals surface area contributed by atoms with Crippen LogP contribution in [0, 0.1) is 5.41 Å². The van der Waals surface area contributed by atoms with E-state index in [1.54, 1.807) is 10.9 Å². The fraction of sp³-hybridized carbons (Fsp3) is 0.667. The second-order valence-electron chi connectivity index (χ2n) is 4.73. The summed E-state index contributed by atoms with van der Waals surface area (Å²) in [5.41, 5.74) is 6.30. The Hall–Kier alpha value is -1.40. The number of carbonyl (C=O) groups excluding carboxylic acids is 1. The number of rotatable bonds is 4. The van der Waals surface area contributed by atoms with E-state index >= 15 is 0 Å². The zero-order chi connectivity index (χ0) is 13.0. The van der Waals surface area contributed by atoms with E-state index in [4.69, 9.17) is 10.5 Å². The molecule has 0 aliphatic carbocycles. The highest BCUT2D eigenvalue weighted by Gasteiger charge is 2.38. The third-order valence-electron chi connectivity index (χ3n) is 3.67. The van der Waals surface area contributed by atoms with Gasteiger partial charge in [0, 0.05) is 33.0 Å². The first-order chi connectivity index (χ1) is 8.68. The summed E-state index contributed by atoms with van der Waals surface area (Å²) in [6, 6.07) is 1.89. The third kappa shape index (κ3) is 2.54. The summed E-state index contributed by atoms with van der Waals surface area (Å²) >= 11 is 0. The number of aromatic nitrogens is 2. The number of nitrogens with one attached hydrogen (secondary N) is 1. The van der Waals surface area contributed by atoms with Crippen LogP contribution < -0.4 is 11.1 Å². The molecule has 0 bridgehead atoms. The van der Waals surface area contributed by atoms with Crippen molar-refractivity contribution >= 4 is 5.91 Å². The van der Waals surface area contributed by atoms with Gasteiger partial charge in [0.05, 0.1) is 17.7 Å². The summed E-state index contributed by atoms with van der Waals surface area (Å²) in [7, 11) is 1.86. The maximum atomic E-state index is 12.3. The molecule has 1 aliphatic heterocycles. The fourth-order valence-corrected chi connectivity index (χ4v) is 2.22. The molecule has 1 aliphatic rings. The van der Waals surface area contributed by atoms with Crippen LogP contribution in [0.4, 0.5) is 0 Å². The maximum Gasteiger partial charge on any atom is 0.227 e. The van der Waals surface area contributed by atoms with Crippen LogP contribution in [0.2, 0.25) is 0 Å². The van der Waals surface area contributed by atoms with Crippen molar-refractivity contribution in [2.45, 2.75) is 19.4 Å². The molecule has 2 heterocycles. The summed E-state index contributed by atoms with van der Waals surface area (Å²) in [5.74, 6) is 0.0227.